The van der Waals surface area contributed by atoms with Gasteiger partial charge in [0.2, 0.25) is 0 Å². The molecule has 2 fully saturated rings. The Bertz CT molecular complexity index is 1400. The van der Waals surface area contributed by atoms with E-state index in [1.165, 1.54) is 12.3 Å². The Morgan fingerprint density at radius 3 is 2.29 bits per heavy atom. The van der Waals surface area contributed by atoms with E-state index < -0.39 is 53.6 Å². The van der Waals surface area contributed by atoms with Crippen LogP contribution in [0.3, 0.4) is 0 Å². The molecule has 3 aliphatic rings. The number of aliphatic hydroxyl groups excluding tert-OH is 3. The van der Waals surface area contributed by atoms with Crippen molar-refractivity contribution in [3.63, 3.8) is 0 Å². The number of fused-ring (bicyclic) bond motifs is 2. The van der Waals surface area contributed by atoms with E-state index in [1.54, 1.807) is 47.6 Å². The lowest BCUT2D eigenvalue weighted by Gasteiger charge is -2.55. The van der Waals surface area contributed by atoms with Crippen LogP contribution in [-0.4, -0.2) is 80.9 Å². The van der Waals surface area contributed by atoms with Crippen molar-refractivity contribution < 1.29 is 48.7 Å². The van der Waals surface area contributed by atoms with Gasteiger partial charge in [0.15, 0.2) is 23.0 Å². The number of hydrogen-bond donors (Lipinski definition) is 3. The predicted molar refractivity (Wildman–Crippen MR) is 213 cm³/mol. The van der Waals surface area contributed by atoms with Crippen molar-refractivity contribution in [2.75, 3.05) is 0 Å². The highest BCUT2D eigenvalue weighted by Gasteiger charge is 2.56. The molecule has 10 heteroatoms. The molecule has 3 rings (SSSR count). The van der Waals surface area contributed by atoms with E-state index in [9.17, 15) is 29.7 Å². The molecule has 3 aliphatic heterocycles. The standard InChI is InChI=1S/C45H72O10/c1-12-35-18-16-14-15-17-29(5)43(51)44(11,38(47)13-2)52-26-30(6)41(50)33(9)40(49)28(4)19-22-39(48)53-42-32(8)36(21-20-35)54-45(34(42)10)24-23-27(3)37(55-45)25-31(7)46/h14-16,18-19,22,26-29,31-37,40,42-43,46,49,51H,12-13,17,20-21,23-25H2,1-11H3/b15-14+,18-16+,22-19+,30-26+/t27-,28-,29+,31+,32+,33-,34+,35-,36-,37-,40+,42+,43-,44?,45-/m0/s1. The minimum absolute atomic E-state index is 0.136. The lowest BCUT2D eigenvalue weighted by atomic mass is 9.74. The molecule has 15 atom stereocenters. The van der Waals surface area contributed by atoms with Gasteiger partial charge in [0.25, 0.3) is 0 Å². The first-order valence-electron chi connectivity index (χ1n) is 20.9. The number of esters is 1. The number of ether oxygens (including phenoxy) is 4. The lowest BCUT2D eigenvalue weighted by Crippen LogP contribution is -2.62. The Hall–Kier alpha value is -2.63. The minimum Gasteiger partial charge on any atom is -0.484 e. The number of rotatable bonds is 5. The fraction of sp³-hybridized carbons (Fsp3) is 0.756. The van der Waals surface area contributed by atoms with Crippen molar-refractivity contribution in [1.29, 1.82) is 0 Å². The molecule has 3 N–H and O–H groups in total. The fourth-order valence-electron chi connectivity index (χ4n) is 8.49. The summed E-state index contributed by atoms with van der Waals surface area (Å²) in [5.74, 6) is -3.89. The average molecular weight is 773 g/mol. The van der Waals surface area contributed by atoms with Crippen molar-refractivity contribution in [3.8, 4) is 0 Å². The monoisotopic (exact) mass is 773 g/mol. The molecular formula is C45H72O10. The summed E-state index contributed by atoms with van der Waals surface area (Å²) in [6.07, 6.45) is 13.6. The van der Waals surface area contributed by atoms with Gasteiger partial charge in [-0.25, -0.2) is 4.79 Å². The maximum Gasteiger partial charge on any atom is 0.330 e. The molecule has 3 heterocycles. The summed E-state index contributed by atoms with van der Waals surface area (Å²) in [5.41, 5.74) is -1.39. The smallest absolute Gasteiger partial charge is 0.330 e. The van der Waals surface area contributed by atoms with Gasteiger partial charge < -0.3 is 34.3 Å². The van der Waals surface area contributed by atoms with Crippen molar-refractivity contribution in [2.45, 2.75) is 176 Å². The van der Waals surface area contributed by atoms with Crippen LogP contribution in [0, 0.1) is 41.4 Å². The molecular weight excluding hydrogens is 700 g/mol. The van der Waals surface area contributed by atoms with Gasteiger partial charge in [-0.3, -0.25) is 9.59 Å². The number of carbonyl (C=O) groups excluding carboxylic acids is 3. The molecule has 0 aromatic rings. The van der Waals surface area contributed by atoms with Crippen LogP contribution in [0.15, 0.2) is 48.3 Å². The van der Waals surface area contributed by atoms with E-state index in [0.717, 1.165) is 25.7 Å². The Labute approximate surface area is 330 Å². The van der Waals surface area contributed by atoms with Crippen LogP contribution in [0.5, 0.6) is 0 Å². The summed E-state index contributed by atoms with van der Waals surface area (Å²) in [7, 11) is 0. The quantitative estimate of drug-likeness (QED) is 0.239. The second-order valence-corrected chi connectivity index (χ2v) is 17.2. The number of aliphatic hydroxyl groups is 3. The zero-order valence-electron chi connectivity index (χ0n) is 35.4. The van der Waals surface area contributed by atoms with Crippen LogP contribution >= 0.6 is 0 Å². The minimum atomic E-state index is -1.58. The van der Waals surface area contributed by atoms with Gasteiger partial charge in [-0.1, -0.05) is 85.8 Å². The van der Waals surface area contributed by atoms with Gasteiger partial charge in [0.1, 0.15) is 12.2 Å². The maximum atomic E-state index is 13.5. The highest BCUT2D eigenvalue weighted by atomic mass is 16.7. The summed E-state index contributed by atoms with van der Waals surface area (Å²) in [5, 5.41) is 32.9. The summed E-state index contributed by atoms with van der Waals surface area (Å²) >= 11 is 0. The summed E-state index contributed by atoms with van der Waals surface area (Å²) in [6, 6.07) is 0. The number of Topliss-reactive ketones (excluding diaryl/α,β-unsaturated/α-hetero) is 2. The predicted octanol–water partition coefficient (Wildman–Crippen LogP) is 7.59. The Morgan fingerprint density at radius 1 is 0.964 bits per heavy atom. The van der Waals surface area contributed by atoms with Crippen LogP contribution in [0.4, 0.5) is 0 Å². The first-order valence-corrected chi connectivity index (χ1v) is 20.9. The highest BCUT2D eigenvalue weighted by molar-refractivity contribution is 5.96. The van der Waals surface area contributed by atoms with Crippen LogP contribution in [0.2, 0.25) is 0 Å². The van der Waals surface area contributed by atoms with E-state index in [-0.39, 0.29) is 65.4 Å². The number of allylic oxidation sites excluding steroid dienone is 5. The molecule has 2 bridgehead atoms. The van der Waals surface area contributed by atoms with Gasteiger partial charge in [-0.15, -0.1) is 0 Å². The van der Waals surface area contributed by atoms with E-state index >= 15 is 0 Å². The molecule has 0 aromatic carbocycles. The van der Waals surface area contributed by atoms with Crippen LogP contribution in [0.25, 0.3) is 0 Å². The largest absolute Gasteiger partial charge is 0.484 e. The van der Waals surface area contributed by atoms with Crippen molar-refractivity contribution in [2.24, 2.45) is 41.4 Å². The molecule has 0 aromatic heterocycles. The first kappa shape index (κ1) is 46.8. The molecule has 0 aliphatic carbocycles. The molecule has 0 radical (unpaired) electrons. The van der Waals surface area contributed by atoms with Gasteiger partial charge in [-0.05, 0) is 77.0 Å². The van der Waals surface area contributed by atoms with E-state index in [0.29, 0.717) is 19.3 Å². The number of carbonyl (C=O) groups is 3. The molecule has 0 saturated carbocycles. The van der Waals surface area contributed by atoms with E-state index in [2.05, 4.69) is 26.8 Å². The zero-order valence-corrected chi connectivity index (χ0v) is 35.4. The molecule has 2 saturated heterocycles. The third-order valence-electron chi connectivity index (χ3n) is 12.7. The van der Waals surface area contributed by atoms with Crippen molar-refractivity contribution >= 4 is 17.5 Å². The fourth-order valence-corrected chi connectivity index (χ4v) is 8.49. The lowest BCUT2D eigenvalue weighted by molar-refractivity contribution is -0.371. The van der Waals surface area contributed by atoms with Crippen LogP contribution < -0.4 is 0 Å². The van der Waals surface area contributed by atoms with Gasteiger partial charge in [0.05, 0.1) is 30.7 Å². The van der Waals surface area contributed by atoms with Gasteiger partial charge in [-0.2, -0.15) is 0 Å². The Balaban J connectivity index is 2.00. The highest BCUT2D eigenvalue weighted by Crippen LogP contribution is 2.49. The summed E-state index contributed by atoms with van der Waals surface area (Å²) in [4.78, 5) is 40.1. The van der Waals surface area contributed by atoms with Gasteiger partial charge in [0, 0.05) is 48.2 Å². The Morgan fingerprint density at radius 2 is 1.65 bits per heavy atom. The third kappa shape index (κ3) is 11.7. The van der Waals surface area contributed by atoms with E-state index in [1.807, 2.05) is 32.1 Å². The van der Waals surface area contributed by atoms with Crippen molar-refractivity contribution in [3.05, 3.63) is 48.3 Å². The molecule has 10 nitrogen and oxygen atoms in total. The molecule has 0 amide bonds. The summed E-state index contributed by atoms with van der Waals surface area (Å²) in [6.45, 7) is 20.2. The molecule has 1 unspecified atom stereocenters. The second-order valence-electron chi connectivity index (χ2n) is 17.2. The topological polar surface area (TPSA) is 149 Å². The average Bonchev–Trinajstić information content (AvgIpc) is 3.16. The second kappa shape index (κ2) is 20.7. The zero-order chi connectivity index (χ0) is 41.2. The maximum absolute atomic E-state index is 13.5. The molecule has 55 heavy (non-hydrogen) atoms. The normalized spacial score (nSPS) is 43.7. The SMILES string of the molecule is CCC(=O)C1(C)O/C=C(\C)C(=O)[C@@H](C)[C@H](O)[C@@H](C)/C=C/C(=O)O[C@@H]2[C@H](C)[C@H](CC[C@@H](CC)/C=C/C=C/C[C@@H](C)[C@@H]1O)O[C@]1(CC[C@H](C)[C@H](C[C@@H](C)O)O1)[C@@H]2C. The van der Waals surface area contributed by atoms with Gasteiger partial charge >= 0.3 is 5.97 Å². The summed E-state index contributed by atoms with van der Waals surface area (Å²) < 4.78 is 26.0. The first-order chi connectivity index (χ1) is 25.8. The van der Waals surface area contributed by atoms with Crippen molar-refractivity contribution in [1.82, 2.24) is 0 Å². The third-order valence-corrected chi connectivity index (χ3v) is 12.7. The number of ketones is 2. The Kier molecular flexibility index (Phi) is 17.6. The number of hydrogen-bond acceptors (Lipinski definition) is 10. The van der Waals surface area contributed by atoms with Crippen LogP contribution in [-0.2, 0) is 33.3 Å². The van der Waals surface area contributed by atoms with Crippen LogP contribution in [0.1, 0.15) is 128 Å². The van der Waals surface area contributed by atoms with E-state index in [4.69, 9.17) is 18.9 Å². The molecule has 312 valence electrons. The molecule has 1 spiro atoms.